The normalized spacial score (nSPS) is 16.9. The third kappa shape index (κ3) is 5.52. The van der Waals surface area contributed by atoms with Crippen LogP contribution in [0.2, 0.25) is 0 Å². The second-order valence-corrected chi connectivity index (χ2v) is 5.97. The fourth-order valence-corrected chi connectivity index (χ4v) is 2.85. The average Bonchev–Trinajstić information content (AvgIpc) is 2.47. The van der Waals surface area contributed by atoms with Gasteiger partial charge in [0.25, 0.3) is 0 Å². The van der Waals surface area contributed by atoms with Gasteiger partial charge in [0.15, 0.2) is 0 Å². The maximum atomic E-state index is 5.55. The van der Waals surface area contributed by atoms with Gasteiger partial charge in [0.1, 0.15) is 5.75 Å². The topological polar surface area (TPSA) is 24.5 Å². The van der Waals surface area contributed by atoms with E-state index in [0.717, 1.165) is 25.4 Å². The number of hydrogen-bond acceptors (Lipinski definition) is 3. The fraction of sp³-hybridized carbons (Fsp3) is 0.556. The minimum Gasteiger partial charge on any atom is -0.494 e. The van der Waals surface area contributed by atoms with Crippen LogP contribution in [0.4, 0.5) is 0 Å². The lowest BCUT2D eigenvalue weighted by atomic mass is 10.0. The summed E-state index contributed by atoms with van der Waals surface area (Å²) in [6.07, 6.45) is 2.44. The van der Waals surface area contributed by atoms with Crippen molar-refractivity contribution in [3.63, 3.8) is 0 Å². The molecule has 116 valence electrons. The van der Waals surface area contributed by atoms with Crippen LogP contribution < -0.4 is 10.1 Å². The molecule has 1 aromatic carbocycles. The van der Waals surface area contributed by atoms with Crippen molar-refractivity contribution in [2.75, 3.05) is 26.2 Å². The number of hydrogen-bond donors (Lipinski definition) is 1. The maximum absolute atomic E-state index is 5.55. The monoisotopic (exact) mass is 288 g/mol. The van der Waals surface area contributed by atoms with E-state index in [1.54, 1.807) is 0 Å². The standard InChI is InChI=1S/C18H28N2O/c1-4-21-18-7-5-6-16(12-18)13-19-17-8-10-20(11-9-17)14-15(2)3/h5-7,12,17,19H,2,4,8-11,13-14H2,1,3H3. The van der Waals surface area contributed by atoms with Crippen molar-refractivity contribution in [2.45, 2.75) is 39.3 Å². The zero-order valence-electron chi connectivity index (χ0n) is 13.4. The lowest BCUT2D eigenvalue weighted by molar-refractivity contribution is 0.211. The van der Waals surface area contributed by atoms with E-state index in [1.807, 2.05) is 13.0 Å². The third-order valence-corrected chi connectivity index (χ3v) is 3.89. The van der Waals surface area contributed by atoms with E-state index in [1.165, 1.54) is 37.1 Å². The van der Waals surface area contributed by atoms with Gasteiger partial charge < -0.3 is 10.1 Å². The van der Waals surface area contributed by atoms with Crippen LogP contribution in [-0.4, -0.2) is 37.2 Å². The molecule has 0 unspecified atom stereocenters. The van der Waals surface area contributed by atoms with Crippen molar-refractivity contribution in [3.8, 4) is 5.75 Å². The SMILES string of the molecule is C=C(C)CN1CCC(NCc2cccc(OCC)c2)CC1. The van der Waals surface area contributed by atoms with Gasteiger partial charge >= 0.3 is 0 Å². The Morgan fingerprint density at radius 3 is 2.81 bits per heavy atom. The molecule has 2 rings (SSSR count). The first-order valence-corrected chi connectivity index (χ1v) is 7.99. The van der Waals surface area contributed by atoms with Crippen LogP contribution in [0.15, 0.2) is 36.4 Å². The average molecular weight is 288 g/mol. The van der Waals surface area contributed by atoms with Crippen LogP contribution in [0.5, 0.6) is 5.75 Å². The molecule has 1 fully saturated rings. The Morgan fingerprint density at radius 2 is 2.14 bits per heavy atom. The number of likely N-dealkylation sites (tertiary alicyclic amines) is 1. The number of nitrogens with zero attached hydrogens (tertiary/aromatic N) is 1. The fourth-order valence-electron chi connectivity index (χ4n) is 2.85. The molecule has 1 N–H and O–H groups in total. The zero-order chi connectivity index (χ0) is 15.1. The molecule has 0 bridgehead atoms. The molecule has 0 saturated carbocycles. The predicted octanol–water partition coefficient (Wildman–Crippen LogP) is 3.22. The van der Waals surface area contributed by atoms with Gasteiger partial charge in [0.05, 0.1) is 6.61 Å². The van der Waals surface area contributed by atoms with E-state index in [0.29, 0.717) is 6.04 Å². The van der Waals surface area contributed by atoms with Gasteiger partial charge in [-0.1, -0.05) is 24.3 Å². The first-order chi connectivity index (χ1) is 10.2. The molecule has 0 amide bonds. The molecule has 21 heavy (non-hydrogen) atoms. The Morgan fingerprint density at radius 1 is 1.38 bits per heavy atom. The molecule has 0 aliphatic carbocycles. The van der Waals surface area contributed by atoms with E-state index < -0.39 is 0 Å². The van der Waals surface area contributed by atoms with Crippen molar-refractivity contribution in [1.29, 1.82) is 0 Å². The van der Waals surface area contributed by atoms with E-state index >= 15 is 0 Å². The number of ether oxygens (including phenoxy) is 1. The number of nitrogens with one attached hydrogen (secondary N) is 1. The summed E-state index contributed by atoms with van der Waals surface area (Å²) < 4.78 is 5.55. The Balaban J connectivity index is 1.74. The summed E-state index contributed by atoms with van der Waals surface area (Å²) in [6.45, 7) is 13.2. The highest BCUT2D eigenvalue weighted by Crippen LogP contribution is 2.15. The number of piperidine rings is 1. The minimum absolute atomic E-state index is 0.627. The summed E-state index contributed by atoms with van der Waals surface area (Å²) in [4.78, 5) is 2.50. The van der Waals surface area contributed by atoms with Crippen LogP contribution in [0.3, 0.4) is 0 Å². The first kappa shape index (κ1) is 16.1. The summed E-state index contributed by atoms with van der Waals surface area (Å²) in [6, 6.07) is 9.00. The Hall–Kier alpha value is -1.32. The molecule has 0 atom stereocenters. The molecule has 0 aromatic heterocycles. The van der Waals surface area contributed by atoms with Crippen LogP contribution in [0.25, 0.3) is 0 Å². The van der Waals surface area contributed by atoms with Crippen molar-refractivity contribution < 1.29 is 4.74 Å². The smallest absolute Gasteiger partial charge is 0.119 e. The highest BCUT2D eigenvalue weighted by Gasteiger charge is 2.18. The molecule has 0 spiro atoms. The molecular formula is C18H28N2O. The molecule has 3 heteroatoms. The largest absolute Gasteiger partial charge is 0.494 e. The Kier molecular flexibility index (Phi) is 6.27. The third-order valence-electron chi connectivity index (χ3n) is 3.89. The van der Waals surface area contributed by atoms with Gasteiger partial charge in [-0.3, -0.25) is 4.90 Å². The molecule has 3 nitrogen and oxygen atoms in total. The molecule has 0 radical (unpaired) electrons. The van der Waals surface area contributed by atoms with E-state index in [4.69, 9.17) is 4.74 Å². The van der Waals surface area contributed by atoms with Gasteiger partial charge in [0, 0.05) is 19.1 Å². The highest BCUT2D eigenvalue weighted by molar-refractivity contribution is 5.28. The van der Waals surface area contributed by atoms with Crippen molar-refractivity contribution >= 4 is 0 Å². The lowest BCUT2D eigenvalue weighted by Gasteiger charge is -2.32. The van der Waals surface area contributed by atoms with E-state index in [2.05, 4.69) is 41.9 Å². The molecule has 1 aromatic rings. The molecule has 1 aliphatic rings. The molecule has 1 aliphatic heterocycles. The Bertz CT molecular complexity index is 450. The molecule has 1 saturated heterocycles. The summed E-state index contributed by atoms with van der Waals surface area (Å²) in [5, 5.41) is 3.68. The zero-order valence-corrected chi connectivity index (χ0v) is 13.4. The van der Waals surface area contributed by atoms with E-state index in [-0.39, 0.29) is 0 Å². The van der Waals surface area contributed by atoms with Gasteiger partial charge in [-0.25, -0.2) is 0 Å². The first-order valence-electron chi connectivity index (χ1n) is 7.99. The van der Waals surface area contributed by atoms with Crippen LogP contribution >= 0.6 is 0 Å². The molecular weight excluding hydrogens is 260 g/mol. The predicted molar refractivity (Wildman–Crippen MR) is 88.7 cm³/mol. The van der Waals surface area contributed by atoms with Crippen molar-refractivity contribution in [1.82, 2.24) is 10.2 Å². The van der Waals surface area contributed by atoms with Crippen LogP contribution in [0.1, 0.15) is 32.3 Å². The van der Waals surface area contributed by atoms with Crippen molar-refractivity contribution in [2.24, 2.45) is 0 Å². The van der Waals surface area contributed by atoms with Crippen molar-refractivity contribution in [3.05, 3.63) is 42.0 Å². The van der Waals surface area contributed by atoms with Crippen LogP contribution in [0, 0.1) is 0 Å². The minimum atomic E-state index is 0.627. The molecule has 1 heterocycles. The number of rotatable bonds is 7. The van der Waals surface area contributed by atoms with E-state index in [9.17, 15) is 0 Å². The summed E-state index contributed by atoms with van der Waals surface area (Å²) in [5.74, 6) is 0.966. The highest BCUT2D eigenvalue weighted by atomic mass is 16.5. The summed E-state index contributed by atoms with van der Waals surface area (Å²) in [7, 11) is 0. The second-order valence-electron chi connectivity index (χ2n) is 5.97. The van der Waals surface area contributed by atoms with Gasteiger partial charge in [-0.15, -0.1) is 0 Å². The number of benzene rings is 1. The summed E-state index contributed by atoms with van der Waals surface area (Å²) >= 11 is 0. The Labute approximate surface area is 129 Å². The van der Waals surface area contributed by atoms with Crippen LogP contribution in [-0.2, 0) is 6.54 Å². The summed E-state index contributed by atoms with van der Waals surface area (Å²) in [5.41, 5.74) is 2.56. The van der Waals surface area contributed by atoms with Gasteiger partial charge in [-0.2, -0.15) is 0 Å². The second kappa shape index (κ2) is 8.20. The lowest BCUT2D eigenvalue weighted by Crippen LogP contribution is -2.42. The van der Waals surface area contributed by atoms with Gasteiger partial charge in [0.2, 0.25) is 0 Å². The van der Waals surface area contributed by atoms with Gasteiger partial charge in [-0.05, 0) is 57.5 Å². The quantitative estimate of drug-likeness (QED) is 0.780. The maximum Gasteiger partial charge on any atom is 0.119 e.